The Bertz CT molecular complexity index is 1480. The van der Waals surface area contributed by atoms with E-state index >= 15 is 0 Å². The van der Waals surface area contributed by atoms with Crippen LogP contribution in [0.5, 0.6) is 5.75 Å². The number of benzene rings is 2. The predicted octanol–water partition coefficient (Wildman–Crippen LogP) is 2.53. The average Bonchev–Trinajstić information content (AvgIpc) is 2.95. The van der Waals surface area contributed by atoms with Crippen molar-refractivity contribution in [1.82, 2.24) is 20.9 Å². The number of piperidine rings is 1. The van der Waals surface area contributed by atoms with Crippen molar-refractivity contribution >= 4 is 23.2 Å². The van der Waals surface area contributed by atoms with E-state index < -0.39 is 11.0 Å². The van der Waals surface area contributed by atoms with Crippen molar-refractivity contribution in [3.8, 4) is 5.75 Å². The summed E-state index contributed by atoms with van der Waals surface area (Å²) in [7, 11) is 3.82. The summed E-state index contributed by atoms with van der Waals surface area (Å²) in [5.74, 6) is 0.0228. The van der Waals surface area contributed by atoms with Crippen LogP contribution in [-0.2, 0) is 32.6 Å². The first kappa shape index (κ1) is 27.2. The van der Waals surface area contributed by atoms with Gasteiger partial charge in [0.15, 0.2) is 0 Å². The summed E-state index contributed by atoms with van der Waals surface area (Å²) in [5.41, 5.74) is 2.98. The molecule has 2 amide bonds. The molecule has 1 saturated heterocycles. The van der Waals surface area contributed by atoms with Gasteiger partial charge in [-0.1, -0.05) is 36.9 Å². The Morgan fingerprint density at radius 2 is 1.98 bits per heavy atom. The summed E-state index contributed by atoms with van der Waals surface area (Å²) in [6, 6.07) is 11.3. The Kier molecular flexibility index (Phi) is 6.74. The smallest absolute Gasteiger partial charge is 0.258 e. The Labute approximate surface area is 239 Å². The van der Waals surface area contributed by atoms with Crippen molar-refractivity contribution < 1.29 is 24.2 Å². The van der Waals surface area contributed by atoms with Crippen molar-refractivity contribution in [3.05, 3.63) is 82.8 Å². The average molecular weight is 557 g/mol. The number of nitrogens with zero attached hydrogens (tertiary/aromatic N) is 1. The molecular weight excluding hydrogens is 520 g/mol. The molecule has 2 aromatic carbocycles. The molecule has 2 aromatic rings. The topological polar surface area (TPSA) is 120 Å². The number of hydrogen-bond donors (Lipinski definition) is 4. The summed E-state index contributed by atoms with van der Waals surface area (Å²) >= 11 is 0. The zero-order valence-corrected chi connectivity index (χ0v) is 23.5. The molecule has 0 radical (unpaired) electrons. The number of ketones is 1. The maximum Gasteiger partial charge on any atom is 0.258 e. The van der Waals surface area contributed by atoms with Crippen molar-refractivity contribution in [2.45, 2.75) is 55.6 Å². The van der Waals surface area contributed by atoms with Gasteiger partial charge >= 0.3 is 0 Å². The third-order valence-corrected chi connectivity index (χ3v) is 9.67. The molecule has 2 heterocycles. The highest BCUT2D eigenvalue weighted by Gasteiger charge is 2.66. The molecule has 2 bridgehead atoms. The number of fused-ring (bicyclic) bond motifs is 1. The molecule has 41 heavy (non-hydrogen) atoms. The van der Waals surface area contributed by atoms with Crippen molar-refractivity contribution in [3.63, 3.8) is 0 Å². The SMILES string of the molecule is C=C1NC=C(c2ccc(CCNC(=O)c3ccc4c(c3O)[C@]35CCN(C)[C@H](C4)[C@]3(OC)CCC(=O)C5)cc2)C(=O)N1. The number of ether oxygens (including phenoxy) is 1. The third-order valence-electron chi connectivity index (χ3n) is 9.67. The van der Waals surface area contributed by atoms with Gasteiger partial charge in [0.2, 0.25) is 0 Å². The molecule has 0 unspecified atom stereocenters. The fourth-order valence-corrected chi connectivity index (χ4v) is 7.66. The van der Waals surface area contributed by atoms with Crippen LogP contribution in [0, 0.1) is 0 Å². The number of aromatic hydroxyl groups is 1. The van der Waals surface area contributed by atoms with Crippen molar-refractivity contribution in [2.24, 2.45) is 0 Å². The van der Waals surface area contributed by atoms with Gasteiger partial charge in [0.25, 0.3) is 11.8 Å². The van der Waals surface area contributed by atoms with Crippen LogP contribution >= 0.6 is 0 Å². The highest BCUT2D eigenvalue weighted by molar-refractivity contribution is 6.20. The van der Waals surface area contributed by atoms with E-state index in [-0.39, 0.29) is 35.0 Å². The molecule has 4 N–H and O–H groups in total. The van der Waals surface area contributed by atoms with Crippen LogP contribution in [0.25, 0.3) is 5.57 Å². The van der Waals surface area contributed by atoms with Crippen LogP contribution in [-0.4, -0.2) is 66.5 Å². The first-order chi connectivity index (χ1) is 19.7. The lowest BCUT2D eigenvalue weighted by molar-refractivity contribution is -0.183. The van der Waals surface area contributed by atoms with Gasteiger partial charge in [-0.25, -0.2) is 0 Å². The third kappa shape index (κ3) is 4.26. The molecule has 0 spiro atoms. The number of carbonyl (C=O) groups excluding carboxylic acids is 3. The van der Waals surface area contributed by atoms with Gasteiger partial charge < -0.3 is 30.7 Å². The number of carbonyl (C=O) groups is 3. The number of methoxy groups -OCH3 is 1. The lowest BCUT2D eigenvalue weighted by atomic mass is 9.49. The largest absolute Gasteiger partial charge is 0.507 e. The molecule has 3 atom stereocenters. The maximum absolute atomic E-state index is 13.3. The van der Waals surface area contributed by atoms with E-state index in [4.69, 9.17) is 4.74 Å². The fourth-order valence-electron chi connectivity index (χ4n) is 7.66. The first-order valence-electron chi connectivity index (χ1n) is 14.2. The highest BCUT2D eigenvalue weighted by Crippen LogP contribution is 2.60. The molecule has 2 aliphatic carbocycles. The Morgan fingerprint density at radius 3 is 2.71 bits per heavy atom. The minimum atomic E-state index is -0.655. The lowest BCUT2D eigenvalue weighted by Gasteiger charge is -2.64. The quantitative estimate of drug-likeness (QED) is 0.432. The van der Waals surface area contributed by atoms with Crippen molar-refractivity contribution in [2.75, 3.05) is 27.2 Å². The standard InChI is InChI=1S/C32H36N4O5/c1-19-34-18-25(30(40)35-19)21-6-4-20(5-7-21)11-14-33-29(39)24-9-8-22-16-26-32(41-3)12-10-23(37)17-31(32,13-15-36(26)2)27(22)28(24)38/h4-9,18,26,34,38H,1,10-17H2,2-3H3,(H,33,39)(H,35,40)/t26-,31-,32-/m1/s1. The number of rotatable bonds is 6. The number of nitrogens with one attached hydrogen (secondary N) is 3. The Balaban J connectivity index is 1.20. The molecule has 214 valence electrons. The Morgan fingerprint density at radius 1 is 1.20 bits per heavy atom. The summed E-state index contributed by atoms with van der Waals surface area (Å²) in [6.45, 7) is 4.86. The van der Waals surface area contributed by atoms with E-state index in [0.29, 0.717) is 56.5 Å². The van der Waals surface area contributed by atoms with Gasteiger partial charge in [0, 0.05) is 49.7 Å². The Hall–Kier alpha value is -3.95. The number of phenols is 1. The van der Waals surface area contributed by atoms with E-state index in [1.807, 2.05) is 30.3 Å². The summed E-state index contributed by atoms with van der Waals surface area (Å²) in [5, 5.41) is 20.2. The number of phenolic OH excluding ortho intramolecular Hbond substituents is 1. The molecule has 4 aliphatic rings. The van der Waals surface area contributed by atoms with E-state index in [1.54, 1.807) is 19.4 Å². The molecule has 0 aromatic heterocycles. The van der Waals surface area contributed by atoms with Crippen LogP contribution in [0.4, 0.5) is 0 Å². The van der Waals surface area contributed by atoms with Gasteiger partial charge in [-0.05, 0) is 62.0 Å². The minimum absolute atomic E-state index is 0.0289. The molecule has 2 aliphatic heterocycles. The van der Waals surface area contributed by atoms with Gasteiger partial charge in [-0.15, -0.1) is 0 Å². The highest BCUT2D eigenvalue weighted by atomic mass is 16.5. The minimum Gasteiger partial charge on any atom is -0.507 e. The van der Waals surface area contributed by atoms with E-state index in [1.165, 1.54) is 0 Å². The maximum atomic E-state index is 13.3. The van der Waals surface area contributed by atoms with Gasteiger partial charge in [0.1, 0.15) is 17.4 Å². The van der Waals surface area contributed by atoms with Crippen LogP contribution in [0.15, 0.2) is 55.0 Å². The predicted molar refractivity (Wildman–Crippen MR) is 154 cm³/mol. The van der Waals surface area contributed by atoms with Gasteiger partial charge in [0.05, 0.1) is 16.7 Å². The van der Waals surface area contributed by atoms with Crippen LogP contribution < -0.4 is 16.0 Å². The van der Waals surface area contributed by atoms with Crippen LogP contribution in [0.3, 0.4) is 0 Å². The lowest BCUT2D eigenvalue weighted by Crippen LogP contribution is -2.73. The second kappa shape index (κ2) is 10.2. The summed E-state index contributed by atoms with van der Waals surface area (Å²) in [6.07, 6.45) is 4.99. The monoisotopic (exact) mass is 556 g/mol. The molecule has 6 rings (SSSR count). The van der Waals surface area contributed by atoms with Gasteiger partial charge in [-0.3, -0.25) is 14.4 Å². The molecule has 2 fully saturated rings. The molecular formula is C32H36N4O5. The molecule has 9 heteroatoms. The number of Topliss-reactive ketones (excluding diaryl/α,β-unsaturated/α-hetero) is 1. The number of likely N-dealkylation sites (N-methyl/N-ethyl adjacent to an activating group) is 1. The van der Waals surface area contributed by atoms with Crippen molar-refractivity contribution in [1.29, 1.82) is 0 Å². The second-order valence-electron chi connectivity index (χ2n) is 11.7. The van der Waals surface area contributed by atoms with Crippen LogP contribution in [0.1, 0.15) is 58.3 Å². The normalized spacial score (nSPS) is 27.2. The molecule has 9 nitrogen and oxygen atoms in total. The van der Waals surface area contributed by atoms with Crippen LogP contribution in [0.2, 0.25) is 0 Å². The summed E-state index contributed by atoms with van der Waals surface area (Å²) in [4.78, 5) is 40.7. The van der Waals surface area contributed by atoms with E-state index in [0.717, 1.165) is 28.8 Å². The number of amides is 2. The second-order valence-corrected chi connectivity index (χ2v) is 11.7. The van der Waals surface area contributed by atoms with E-state index in [9.17, 15) is 19.5 Å². The zero-order valence-electron chi connectivity index (χ0n) is 23.5. The van der Waals surface area contributed by atoms with Gasteiger partial charge in [-0.2, -0.15) is 0 Å². The first-order valence-corrected chi connectivity index (χ1v) is 14.2. The fraction of sp³-hybridized carbons (Fsp3) is 0.406. The molecule has 1 saturated carbocycles. The number of hydrogen-bond acceptors (Lipinski definition) is 7. The van der Waals surface area contributed by atoms with E-state index in [2.05, 4.69) is 34.5 Å². The summed E-state index contributed by atoms with van der Waals surface area (Å²) < 4.78 is 6.30. The number of likely N-dealkylation sites (tertiary alicyclic amines) is 1. The zero-order chi connectivity index (χ0) is 28.9.